The van der Waals surface area contributed by atoms with Gasteiger partial charge in [0.1, 0.15) is 4.90 Å². The van der Waals surface area contributed by atoms with Crippen LogP contribution in [-0.4, -0.2) is 34.2 Å². The molecule has 152 valence electrons. The summed E-state index contributed by atoms with van der Waals surface area (Å²) in [6, 6.07) is 10.8. The van der Waals surface area contributed by atoms with E-state index in [2.05, 4.69) is 20.7 Å². The molecule has 0 aromatic heterocycles. The first-order chi connectivity index (χ1) is 13.1. The van der Waals surface area contributed by atoms with Gasteiger partial charge in [-0.3, -0.25) is 4.72 Å². The topological polar surface area (TPSA) is 83.5 Å². The molecule has 6 nitrogen and oxygen atoms in total. The van der Waals surface area contributed by atoms with E-state index in [1.54, 1.807) is 12.1 Å². The summed E-state index contributed by atoms with van der Waals surface area (Å²) in [7, 11) is -7.36. The van der Waals surface area contributed by atoms with Crippen molar-refractivity contribution in [2.24, 2.45) is 5.92 Å². The standard InChI is InChI=1S/C19H23BrN2O4S2/c1-14-5-10-19(18(20)12-14)27(23,24)21-16-6-8-17(9-7-16)28(25,26)22-11-3-4-15(2)13-22/h5-10,12,15,21H,3-4,11,13H2,1-2H3. The van der Waals surface area contributed by atoms with Gasteiger partial charge in [0, 0.05) is 23.2 Å². The van der Waals surface area contributed by atoms with Crippen molar-refractivity contribution in [2.75, 3.05) is 17.8 Å². The number of aryl methyl sites for hydroxylation is 1. The Morgan fingerprint density at radius 1 is 1.07 bits per heavy atom. The maximum Gasteiger partial charge on any atom is 0.263 e. The Bertz CT molecular complexity index is 1070. The van der Waals surface area contributed by atoms with Gasteiger partial charge in [-0.25, -0.2) is 16.8 Å². The maximum atomic E-state index is 12.8. The lowest BCUT2D eigenvalue weighted by molar-refractivity contribution is 0.281. The molecule has 0 aliphatic carbocycles. The second-order valence-electron chi connectivity index (χ2n) is 7.17. The molecule has 1 fully saturated rings. The fourth-order valence-corrected chi connectivity index (χ4v) is 7.09. The summed E-state index contributed by atoms with van der Waals surface area (Å²) in [6.45, 7) is 4.94. The van der Waals surface area contributed by atoms with Gasteiger partial charge in [-0.1, -0.05) is 13.0 Å². The molecule has 28 heavy (non-hydrogen) atoms. The quantitative estimate of drug-likeness (QED) is 0.692. The highest BCUT2D eigenvalue weighted by Crippen LogP contribution is 2.27. The third-order valence-electron chi connectivity index (χ3n) is 4.74. The lowest BCUT2D eigenvalue weighted by atomic mass is 10.0. The molecule has 1 saturated heterocycles. The molecule has 1 unspecified atom stereocenters. The van der Waals surface area contributed by atoms with Crippen molar-refractivity contribution in [2.45, 2.75) is 36.5 Å². The van der Waals surface area contributed by atoms with Crippen LogP contribution in [-0.2, 0) is 20.0 Å². The van der Waals surface area contributed by atoms with Crippen LogP contribution in [0.2, 0.25) is 0 Å². The minimum atomic E-state index is -3.79. The summed E-state index contributed by atoms with van der Waals surface area (Å²) in [4.78, 5) is 0.290. The number of anilines is 1. The molecule has 1 atom stereocenters. The predicted molar refractivity (Wildman–Crippen MR) is 113 cm³/mol. The zero-order chi connectivity index (χ0) is 20.5. The van der Waals surface area contributed by atoms with E-state index in [0.717, 1.165) is 18.4 Å². The molecule has 2 aromatic carbocycles. The molecular formula is C19H23BrN2O4S2. The van der Waals surface area contributed by atoms with E-state index in [1.807, 2.05) is 13.8 Å². The average molecular weight is 487 g/mol. The molecule has 1 aliphatic heterocycles. The molecule has 0 saturated carbocycles. The summed E-state index contributed by atoms with van der Waals surface area (Å²) in [5, 5.41) is 0. The van der Waals surface area contributed by atoms with Crippen molar-refractivity contribution in [3.8, 4) is 0 Å². The summed E-state index contributed by atoms with van der Waals surface area (Å²) < 4.78 is 55.3. The highest BCUT2D eigenvalue weighted by molar-refractivity contribution is 9.10. The molecule has 1 heterocycles. The Kier molecular flexibility index (Phi) is 6.19. The summed E-state index contributed by atoms with van der Waals surface area (Å²) in [6.07, 6.45) is 1.88. The first kappa shape index (κ1) is 21.3. The van der Waals surface area contributed by atoms with E-state index >= 15 is 0 Å². The van der Waals surface area contributed by atoms with Gasteiger partial charge in [0.2, 0.25) is 10.0 Å². The molecule has 0 amide bonds. The van der Waals surface area contributed by atoms with Crippen LogP contribution >= 0.6 is 15.9 Å². The maximum absolute atomic E-state index is 12.8. The third kappa shape index (κ3) is 4.59. The average Bonchev–Trinajstić information content (AvgIpc) is 2.61. The van der Waals surface area contributed by atoms with E-state index < -0.39 is 20.0 Å². The van der Waals surface area contributed by atoms with Gasteiger partial charge in [0.25, 0.3) is 10.0 Å². The number of sulfonamides is 2. The van der Waals surface area contributed by atoms with Gasteiger partial charge in [-0.05, 0) is 83.6 Å². The summed E-state index contributed by atoms with van der Waals surface area (Å²) >= 11 is 3.28. The van der Waals surface area contributed by atoms with Crippen LogP contribution in [0.3, 0.4) is 0 Å². The van der Waals surface area contributed by atoms with Crippen molar-refractivity contribution >= 4 is 41.7 Å². The molecule has 3 rings (SSSR count). The van der Waals surface area contributed by atoms with Gasteiger partial charge in [0.05, 0.1) is 4.90 Å². The molecule has 0 radical (unpaired) electrons. The number of rotatable bonds is 5. The van der Waals surface area contributed by atoms with Crippen LogP contribution in [0.1, 0.15) is 25.3 Å². The fourth-order valence-electron chi connectivity index (χ4n) is 3.24. The van der Waals surface area contributed by atoms with Crippen molar-refractivity contribution in [3.63, 3.8) is 0 Å². The number of nitrogens with zero attached hydrogens (tertiary/aromatic N) is 1. The SMILES string of the molecule is Cc1ccc(S(=O)(=O)Nc2ccc(S(=O)(=O)N3CCCC(C)C3)cc2)c(Br)c1. The van der Waals surface area contributed by atoms with Gasteiger partial charge in [-0.15, -0.1) is 0 Å². The number of halogens is 1. The number of hydrogen-bond acceptors (Lipinski definition) is 4. The van der Waals surface area contributed by atoms with Crippen LogP contribution in [0.4, 0.5) is 5.69 Å². The van der Waals surface area contributed by atoms with E-state index in [-0.39, 0.29) is 9.79 Å². The molecule has 0 bridgehead atoms. The number of nitrogens with one attached hydrogen (secondary N) is 1. The minimum Gasteiger partial charge on any atom is -0.280 e. The van der Waals surface area contributed by atoms with Crippen LogP contribution in [0.25, 0.3) is 0 Å². The first-order valence-corrected chi connectivity index (χ1v) is 12.7. The van der Waals surface area contributed by atoms with Gasteiger partial charge in [0.15, 0.2) is 0 Å². The van der Waals surface area contributed by atoms with Crippen LogP contribution in [0.5, 0.6) is 0 Å². The highest BCUT2D eigenvalue weighted by atomic mass is 79.9. The fraction of sp³-hybridized carbons (Fsp3) is 0.368. The van der Waals surface area contributed by atoms with Crippen LogP contribution in [0.15, 0.2) is 56.7 Å². The molecule has 1 N–H and O–H groups in total. The second-order valence-corrected chi connectivity index (χ2v) is 11.6. The van der Waals surface area contributed by atoms with Crippen molar-refractivity contribution in [1.29, 1.82) is 0 Å². The van der Waals surface area contributed by atoms with Crippen molar-refractivity contribution in [1.82, 2.24) is 4.31 Å². The number of piperidine rings is 1. The smallest absolute Gasteiger partial charge is 0.263 e. The Hall–Kier alpha value is -1.42. The van der Waals surface area contributed by atoms with E-state index in [1.165, 1.54) is 34.6 Å². The highest BCUT2D eigenvalue weighted by Gasteiger charge is 2.28. The largest absolute Gasteiger partial charge is 0.280 e. The molecular weight excluding hydrogens is 464 g/mol. The zero-order valence-corrected chi connectivity index (χ0v) is 18.9. The van der Waals surface area contributed by atoms with E-state index in [9.17, 15) is 16.8 Å². The molecule has 2 aromatic rings. The normalized spacial score (nSPS) is 18.8. The number of benzene rings is 2. The minimum absolute atomic E-state index is 0.122. The van der Waals surface area contributed by atoms with Gasteiger partial charge >= 0.3 is 0 Å². The Morgan fingerprint density at radius 2 is 1.75 bits per heavy atom. The van der Waals surface area contributed by atoms with E-state index in [4.69, 9.17) is 0 Å². The van der Waals surface area contributed by atoms with Gasteiger partial charge < -0.3 is 0 Å². The Balaban J connectivity index is 1.81. The zero-order valence-electron chi connectivity index (χ0n) is 15.7. The van der Waals surface area contributed by atoms with Gasteiger partial charge in [-0.2, -0.15) is 4.31 Å². The summed E-state index contributed by atoms with van der Waals surface area (Å²) in [5.74, 6) is 0.336. The van der Waals surface area contributed by atoms with Crippen molar-refractivity contribution < 1.29 is 16.8 Å². The van der Waals surface area contributed by atoms with E-state index in [0.29, 0.717) is 29.2 Å². The lowest BCUT2D eigenvalue weighted by Gasteiger charge is -2.30. The first-order valence-electron chi connectivity index (χ1n) is 8.99. The third-order valence-corrected chi connectivity index (χ3v) is 8.98. The van der Waals surface area contributed by atoms with Crippen LogP contribution < -0.4 is 4.72 Å². The van der Waals surface area contributed by atoms with Crippen molar-refractivity contribution in [3.05, 3.63) is 52.5 Å². The molecule has 1 aliphatic rings. The van der Waals surface area contributed by atoms with Crippen LogP contribution in [0, 0.1) is 12.8 Å². The Labute approximate surface area is 175 Å². The second kappa shape index (κ2) is 8.14. The molecule has 0 spiro atoms. The lowest BCUT2D eigenvalue weighted by Crippen LogP contribution is -2.39. The Morgan fingerprint density at radius 3 is 2.36 bits per heavy atom. The molecule has 9 heteroatoms. The predicted octanol–water partition coefficient (Wildman–Crippen LogP) is 3.98. The summed E-state index contributed by atoms with van der Waals surface area (Å²) in [5.41, 5.74) is 1.24. The number of hydrogen-bond donors (Lipinski definition) is 1. The monoisotopic (exact) mass is 486 g/mol.